The van der Waals surface area contributed by atoms with Crippen molar-refractivity contribution in [2.45, 2.75) is 5.88 Å². The van der Waals surface area contributed by atoms with Crippen LogP contribution in [-0.4, -0.2) is 49.3 Å². The van der Waals surface area contributed by atoms with Crippen molar-refractivity contribution in [3.63, 3.8) is 0 Å². The van der Waals surface area contributed by atoms with Crippen LogP contribution in [0.4, 0.5) is 0 Å². The number of amides is 1. The minimum atomic E-state index is -0.109. The van der Waals surface area contributed by atoms with Crippen molar-refractivity contribution in [3.05, 3.63) is 35.4 Å². The molecule has 0 fully saturated rings. The van der Waals surface area contributed by atoms with Crippen molar-refractivity contribution < 1.29 is 14.6 Å². The normalized spacial score (nSPS) is 10.4. The van der Waals surface area contributed by atoms with E-state index in [-0.39, 0.29) is 12.5 Å². The molecule has 18 heavy (non-hydrogen) atoms. The number of carbonyl (C=O) groups is 1. The summed E-state index contributed by atoms with van der Waals surface area (Å²) in [6.07, 6.45) is 0. The molecule has 0 saturated carbocycles. The lowest BCUT2D eigenvalue weighted by atomic mass is 10.1. The predicted octanol–water partition coefficient (Wildman–Crippen LogP) is 1.51. The van der Waals surface area contributed by atoms with Gasteiger partial charge in [0.15, 0.2) is 0 Å². The first-order chi connectivity index (χ1) is 8.72. The van der Waals surface area contributed by atoms with Crippen LogP contribution >= 0.6 is 11.6 Å². The zero-order chi connectivity index (χ0) is 13.4. The monoisotopic (exact) mass is 271 g/mol. The third-order valence-corrected chi connectivity index (χ3v) is 2.89. The zero-order valence-corrected chi connectivity index (χ0v) is 11.2. The summed E-state index contributed by atoms with van der Waals surface area (Å²) in [5, 5.41) is 8.96. The lowest BCUT2D eigenvalue weighted by Crippen LogP contribution is -2.36. The van der Waals surface area contributed by atoms with Crippen molar-refractivity contribution in [2.75, 3.05) is 33.4 Å². The van der Waals surface area contributed by atoms with E-state index in [2.05, 4.69) is 0 Å². The highest BCUT2D eigenvalue weighted by molar-refractivity contribution is 6.17. The van der Waals surface area contributed by atoms with Gasteiger partial charge in [-0.1, -0.05) is 12.1 Å². The number of hydrogen-bond acceptors (Lipinski definition) is 3. The molecule has 0 spiro atoms. The number of halogens is 1. The second-order valence-corrected chi connectivity index (χ2v) is 4.11. The maximum absolute atomic E-state index is 12.2. The van der Waals surface area contributed by atoms with E-state index >= 15 is 0 Å². The van der Waals surface area contributed by atoms with Gasteiger partial charge in [0.25, 0.3) is 5.91 Å². The van der Waals surface area contributed by atoms with Crippen LogP contribution in [-0.2, 0) is 10.6 Å². The van der Waals surface area contributed by atoms with Crippen molar-refractivity contribution in [3.8, 4) is 0 Å². The number of ether oxygens (including phenoxy) is 1. The molecule has 0 saturated heterocycles. The first-order valence-corrected chi connectivity index (χ1v) is 6.30. The maximum Gasteiger partial charge on any atom is 0.254 e. The molecule has 1 amide bonds. The molecule has 1 aromatic carbocycles. The first-order valence-electron chi connectivity index (χ1n) is 5.77. The highest BCUT2D eigenvalue weighted by Gasteiger charge is 2.14. The van der Waals surface area contributed by atoms with Gasteiger partial charge in [-0.2, -0.15) is 0 Å². The molecule has 1 N–H and O–H groups in total. The summed E-state index contributed by atoms with van der Waals surface area (Å²) in [7, 11) is 1.58. The summed E-state index contributed by atoms with van der Waals surface area (Å²) in [6.45, 7) is 1.16. The fourth-order valence-corrected chi connectivity index (χ4v) is 1.73. The summed E-state index contributed by atoms with van der Waals surface area (Å²) < 4.78 is 4.95. The van der Waals surface area contributed by atoms with Gasteiger partial charge in [-0.3, -0.25) is 4.79 Å². The van der Waals surface area contributed by atoms with E-state index in [1.54, 1.807) is 24.1 Å². The first kappa shape index (κ1) is 15.0. The number of benzene rings is 1. The van der Waals surface area contributed by atoms with Crippen molar-refractivity contribution >= 4 is 17.5 Å². The summed E-state index contributed by atoms with van der Waals surface area (Å²) in [6, 6.07) is 7.15. The van der Waals surface area contributed by atoms with Gasteiger partial charge >= 0.3 is 0 Å². The SMILES string of the molecule is COCCN(CCO)C(=O)c1ccc(CCl)cc1. The third-order valence-electron chi connectivity index (χ3n) is 2.58. The van der Waals surface area contributed by atoms with E-state index < -0.39 is 0 Å². The molecule has 5 heteroatoms. The lowest BCUT2D eigenvalue weighted by molar-refractivity contribution is 0.0656. The van der Waals surface area contributed by atoms with Gasteiger partial charge in [0.1, 0.15) is 0 Å². The average molecular weight is 272 g/mol. The fraction of sp³-hybridized carbons (Fsp3) is 0.462. The van der Waals surface area contributed by atoms with Crippen LogP contribution in [0.25, 0.3) is 0 Å². The molecule has 0 heterocycles. The molecule has 0 aliphatic carbocycles. The Bertz CT molecular complexity index is 367. The molecule has 0 atom stereocenters. The Morgan fingerprint density at radius 2 is 2.00 bits per heavy atom. The largest absolute Gasteiger partial charge is 0.395 e. The molecule has 0 radical (unpaired) electrons. The van der Waals surface area contributed by atoms with Crippen LogP contribution in [0.1, 0.15) is 15.9 Å². The Labute approximate surface area is 112 Å². The van der Waals surface area contributed by atoms with Crippen LogP contribution in [0.2, 0.25) is 0 Å². The van der Waals surface area contributed by atoms with Gasteiger partial charge in [-0.25, -0.2) is 0 Å². The van der Waals surface area contributed by atoms with Crippen molar-refractivity contribution in [2.24, 2.45) is 0 Å². The molecular weight excluding hydrogens is 254 g/mol. The number of rotatable bonds is 7. The summed E-state index contributed by atoms with van der Waals surface area (Å²) in [5.41, 5.74) is 1.56. The van der Waals surface area contributed by atoms with Gasteiger partial charge < -0.3 is 14.7 Å². The Balaban J connectivity index is 2.73. The topological polar surface area (TPSA) is 49.8 Å². The summed E-state index contributed by atoms with van der Waals surface area (Å²) in [4.78, 5) is 13.7. The second kappa shape index (κ2) is 8.08. The van der Waals surface area contributed by atoms with Crippen LogP contribution in [0, 0.1) is 0 Å². The van der Waals surface area contributed by atoms with Crippen LogP contribution < -0.4 is 0 Å². The molecule has 0 aliphatic heterocycles. The van der Waals surface area contributed by atoms with Gasteiger partial charge in [0, 0.05) is 31.6 Å². The molecule has 100 valence electrons. The number of nitrogens with zero attached hydrogens (tertiary/aromatic N) is 1. The minimum absolute atomic E-state index is 0.0603. The molecule has 0 aromatic heterocycles. The van der Waals surface area contributed by atoms with Crippen molar-refractivity contribution in [1.82, 2.24) is 4.90 Å². The second-order valence-electron chi connectivity index (χ2n) is 3.84. The Morgan fingerprint density at radius 1 is 1.33 bits per heavy atom. The van der Waals surface area contributed by atoms with Gasteiger partial charge in [0.2, 0.25) is 0 Å². The highest BCUT2D eigenvalue weighted by Crippen LogP contribution is 2.09. The molecule has 0 bridgehead atoms. The predicted molar refractivity (Wildman–Crippen MR) is 70.9 cm³/mol. The number of alkyl halides is 1. The van der Waals surface area contributed by atoms with E-state index in [0.29, 0.717) is 31.1 Å². The van der Waals surface area contributed by atoms with E-state index in [4.69, 9.17) is 21.4 Å². The van der Waals surface area contributed by atoms with Gasteiger partial charge in [0.05, 0.1) is 13.2 Å². The standard InChI is InChI=1S/C13H18ClNO3/c1-18-9-7-15(6-8-16)13(17)12-4-2-11(10-14)3-5-12/h2-5,16H,6-10H2,1H3. The molecule has 0 unspecified atom stereocenters. The van der Waals surface area contributed by atoms with Crippen LogP contribution in [0.3, 0.4) is 0 Å². The molecular formula is C13H18ClNO3. The fourth-order valence-electron chi connectivity index (χ4n) is 1.56. The molecule has 1 aromatic rings. The minimum Gasteiger partial charge on any atom is -0.395 e. The van der Waals surface area contributed by atoms with E-state index in [9.17, 15) is 4.79 Å². The molecule has 4 nitrogen and oxygen atoms in total. The maximum atomic E-state index is 12.2. The Kier molecular flexibility index (Phi) is 6.72. The Morgan fingerprint density at radius 3 is 2.50 bits per heavy atom. The number of carbonyl (C=O) groups excluding carboxylic acids is 1. The third kappa shape index (κ3) is 4.29. The van der Waals surface area contributed by atoms with E-state index in [1.807, 2.05) is 12.1 Å². The van der Waals surface area contributed by atoms with E-state index in [0.717, 1.165) is 5.56 Å². The number of hydrogen-bond donors (Lipinski definition) is 1. The van der Waals surface area contributed by atoms with E-state index in [1.165, 1.54) is 0 Å². The summed E-state index contributed by atoms with van der Waals surface area (Å²) in [5.74, 6) is 0.320. The van der Waals surface area contributed by atoms with Crippen LogP contribution in [0.5, 0.6) is 0 Å². The smallest absolute Gasteiger partial charge is 0.254 e. The number of aliphatic hydroxyl groups is 1. The highest BCUT2D eigenvalue weighted by atomic mass is 35.5. The number of methoxy groups -OCH3 is 1. The summed E-state index contributed by atoms with van der Waals surface area (Å²) >= 11 is 5.69. The quantitative estimate of drug-likeness (QED) is 0.765. The number of aliphatic hydroxyl groups excluding tert-OH is 1. The molecule has 1 rings (SSSR count). The Hall–Kier alpha value is -1.10. The van der Waals surface area contributed by atoms with Crippen LogP contribution in [0.15, 0.2) is 24.3 Å². The lowest BCUT2D eigenvalue weighted by Gasteiger charge is -2.21. The molecule has 0 aliphatic rings. The van der Waals surface area contributed by atoms with Crippen molar-refractivity contribution in [1.29, 1.82) is 0 Å². The van der Waals surface area contributed by atoms with Gasteiger partial charge in [-0.15, -0.1) is 11.6 Å². The van der Waals surface area contributed by atoms with Gasteiger partial charge in [-0.05, 0) is 17.7 Å². The average Bonchev–Trinajstić information content (AvgIpc) is 2.43. The zero-order valence-electron chi connectivity index (χ0n) is 10.4.